The van der Waals surface area contributed by atoms with Gasteiger partial charge >= 0.3 is 5.97 Å². The smallest absolute Gasteiger partial charge is 0.332 e. The molecule has 0 aliphatic rings. The van der Waals surface area contributed by atoms with E-state index < -0.39 is 5.60 Å². The van der Waals surface area contributed by atoms with E-state index in [1.54, 1.807) is 0 Å². The Kier molecular flexibility index (Phi) is 38.1. The van der Waals surface area contributed by atoms with Crippen LogP contribution in [0.4, 0.5) is 0 Å². The van der Waals surface area contributed by atoms with E-state index in [1.165, 1.54) is 57.8 Å². The molecule has 0 fully saturated rings. The highest BCUT2D eigenvalue weighted by molar-refractivity contribution is 5.71. The van der Waals surface area contributed by atoms with Gasteiger partial charge in [0.2, 0.25) is 0 Å². The highest BCUT2D eigenvalue weighted by Crippen LogP contribution is 2.10. The molecule has 0 saturated carbocycles. The van der Waals surface area contributed by atoms with Gasteiger partial charge in [0.25, 0.3) is 0 Å². The summed E-state index contributed by atoms with van der Waals surface area (Å²) in [5.74, 6) is -0.382. The van der Waals surface area contributed by atoms with Gasteiger partial charge in [0, 0.05) is 6.61 Å². The van der Waals surface area contributed by atoms with Crippen molar-refractivity contribution >= 4 is 5.97 Å². The molecule has 0 bridgehead atoms. The maximum absolute atomic E-state index is 11.5. The van der Waals surface area contributed by atoms with E-state index in [9.17, 15) is 4.79 Å². The number of ether oxygens (including phenoxy) is 11. The van der Waals surface area contributed by atoms with Crippen LogP contribution in [0.2, 0.25) is 0 Å². The molecule has 0 unspecified atom stereocenters. The van der Waals surface area contributed by atoms with Crippen molar-refractivity contribution in [3.8, 4) is 0 Å². The zero-order valence-electron chi connectivity index (χ0n) is 31.1. The third kappa shape index (κ3) is 43.1. The number of unbranched alkanes of at least 4 members (excludes halogenated alkanes) is 9. The minimum atomic E-state index is -0.507. The van der Waals surface area contributed by atoms with Crippen molar-refractivity contribution in [3.05, 3.63) is 0 Å². The van der Waals surface area contributed by atoms with Gasteiger partial charge in [-0.3, -0.25) is 0 Å². The lowest BCUT2D eigenvalue weighted by molar-refractivity contribution is -0.160. The lowest BCUT2D eigenvalue weighted by Crippen LogP contribution is -2.27. The summed E-state index contributed by atoms with van der Waals surface area (Å²) < 4.78 is 59.9. The normalized spacial score (nSPS) is 11.8. The highest BCUT2D eigenvalue weighted by Gasteiger charge is 2.15. The fourth-order valence-electron chi connectivity index (χ4n) is 4.20. The van der Waals surface area contributed by atoms with Crippen LogP contribution in [0.3, 0.4) is 0 Å². The van der Waals surface area contributed by atoms with Gasteiger partial charge in [-0.05, 0) is 27.2 Å². The summed E-state index contributed by atoms with van der Waals surface area (Å²) in [5.41, 5.74) is -0.507. The van der Waals surface area contributed by atoms with E-state index in [1.807, 2.05) is 20.8 Å². The van der Waals surface area contributed by atoms with Crippen LogP contribution in [0.5, 0.6) is 0 Å². The lowest BCUT2D eigenvalue weighted by Gasteiger charge is -2.19. The number of rotatable bonds is 40. The molecule has 12 heteroatoms. The van der Waals surface area contributed by atoms with Crippen LogP contribution in [0, 0.1) is 0 Å². The van der Waals surface area contributed by atoms with Crippen molar-refractivity contribution in [1.29, 1.82) is 0 Å². The highest BCUT2D eigenvalue weighted by atomic mass is 16.6. The quantitative estimate of drug-likeness (QED) is 0.0602. The first-order valence-electron chi connectivity index (χ1n) is 18.4. The molecule has 0 saturated heterocycles. The van der Waals surface area contributed by atoms with E-state index in [2.05, 4.69) is 6.92 Å². The predicted molar refractivity (Wildman–Crippen MR) is 186 cm³/mol. The van der Waals surface area contributed by atoms with Gasteiger partial charge in [0.05, 0.1) is 119 Å². The Morgan fingerprint density at radius 2 is 0.604 bits per heavy atom. The second-order valence-corrected chi connectivity index (χ2v) is 12.3. The summed E-state index contributed by atoms with van der Waals surface area (Å²) in [4.78, 5) is 11.5. The molecule has 0 aromatic carbocycles. The van der Waals surface area contributed by atoms with E-state index in [-0.39, 0.29) is 12.6 Å². The maximum Gasteiger partial charge on any atom is 0.332 e. The largest absolute Gasteiger partial charge is 0.458 e. The summed E-state index contributed by atoms with van der Waals surface area (Å²) in [6, 6.07) is 0. The molecule has 0 aliphatic carbocycles. The molecule has 0 amide bonds. The van der Waals surface area contributed by atoms with Gasteiger partial charge in [-0.2, -0.15) is 0 Å². The van der Waals surface area contributed by atoms with Crippen molar-refractivity contribution in [2.75, 3.05) is 132 Å². The molecule has 12 nitrogen and oxygen atoms in total. The van der Waals surface area contributed by atoms with Crippen LogP contribution in [-0.2, 0) is 56.9 Å². The van der Waals surface area contributed by atoms with Crippen molar-refractivity contribution in [2.45, 2.75) is 97.5 Å². The van der Waals surface area contributed by atoms with Crippen molar-refractivity contribution in [1.82, 2.24) is 0 Å². The average molecular weight is 697 g/mol. The summed E-state index contributed by atoms with van der Waals surface area (Å²) in [6.07, 6.45) is 13.4. The molecule has 0 atom stereocenters. The Bertz CT molecular complexity index is 633. The first-order chi connectivity index (χ1) is 23.5. The summed E-state index contributed by atoms with van der Waals surface area (Å²) >= 11 is 0. The standard InChI is InChI=1S/C36H72O12/c1-5-6-7-8-9-10-11-12-13-14-15-38-16-17-39-18-19-40-20-21-41-22-23-42-24-25-43-26-27-44-28-29-45-30-31-46-32-33-47-34-35(37)48-36(2,3)4/h5-34H2,1-4H3. The van der Waals surface area contributed by atoms with Gasteiger partial charge in [0.15, 0.2) is 0 Å². The zero-order valence-corrected chi connectivity index (χ0v) is 31.1. The Hall–Kier alpha value is -0.930. The van der Waals surface area contributed by atoms with Crippen LogP contribution in [0.15, 0.2) is 0 Å². The van der Waals surface area contributed by atoms with Crippen LogP contribution < -0.4 is 0 Å². The van der Waals surface area contributed by atoms with Gasteiger partial charge < -0.3 is 52.1 Å². The molecule has 0 heterocycles. The lowest BCUT2D eigenvalue weighted by atomic mass is 10.1. The molecule has 48 heavy (non-hydrogen) atoms. The molecule has 0 aliphatic heterocycles. The first kappa shape index (κ1) is 47.1. The number of carbonyl (C=O) groups is 1. The summed E-state index contributed by atoms with van der Waals surface area (Å²) in [6.45, 7) is 17.5. The number of esters is 1. The van der Waals surface area contributed by atoms with E-state index in [0.717, 1.165) is 13.0 Å². The van der Waals surface area contributed by atoms with Gasteiger partial charge in [-0.15, -0.1) is 0 Å². The first-order valence-corrected chi connectivity index (χ1v) is 18.4. The monoisotopic (exact) mass is 697 g/mol. The van der Waals surface area contributed by atoms with Crippen LogP contribution >= 0.6 is 0 Å². The SMILES string of the molecule is CCCCCCCCCCCCOCCOCCOCCOCCOCCOCCOCCOCCOCCOCC(=O)OC(C)(C)C. The zero-order chi connectivity index (χ0) is 35.1. The third-order valence-electron chi connectivity index (χ3n) is 6.63. The van der Waals surface area contributed by atoms with Crippen molar-refractivity contribution in [2.24, 2.45) is 0 Å². The topological polar surface area (TPSA) is 119 Å². The summed E-state index contributed by atoms with van der Waals surface area (Å²) in [5, 5.41) is 0. The minimum Gasteiger partial charge on any atom is -0.458 e. The fraction of sp³-hybridized carbons (Fsp3) is 0.972. The Morgan fingerprint density at radius 3 is 0.896 bits per heavy atom. The minimum absolute atomic E-state index is 0.0787. The Labute approximate surface area is 292 Å². The van der Waals surface area contributed by atoms with E-state index >= 15 is 0 Å². The number of carbonyl (C=O) groups excluding carboxylic acids is 1. The van der Waals surface area contributed by atoms with Crippen LogP contribution in [0.1, 0.15) is 91.9 Å². The molecule has 0 N–H and O–H groups in total. The fourth-order valence-corrected chi connectivity index (χ4v) is 4.20. The van der Waals surface area contributed by atoms with Crippen LogP contribution in [-0.4, -0.2) is 144 Å². The molecular weight excluding hydrogens is 624 g/mol. The number of hydrogen-bond acceptors (Lipinski definition) is 12. The van der Waals surface area contributed by atoms with Crippen molar-refractivity contribution in [3.63, 3.8) is 0 Å². The molecule has 0 rings (SSSR count). The van der Waals surface area contributed by atoms with Gasteiger partial charge in [0.1, 0.15) is 12.2 Å². The van der Waals surface area contributed by atoms with Crippen molar-refractivity contribution < 1.29 is 56.9 Å². The molecular formula is C36H72O12. The molecule has 288 valence electrons. The van der Waals surface area contributed by atoms with Crippen LogP contribution in [0.25, 0.3) is 0 Å². The second kappa shape index (κ2) is 38.9. The molecule has 0 radical (unpaired) electrons. The average Bonchev–Trinajstić information content (AvgIpc) is 3.05. The molecule has 0 spiro atoms. The Morgan fingerprint density at radius 1 is 0.354 bits per heavy atom. The second-order valence-electron chi connectivity index (χ2n) is 12.3. The van der Waals surface area contributed by atoms with Gasteiger partial charge in [-0.25, -0.2) is 4.79 Å². The molecule has 0 aromatic heterocycles. The molecule has 0 aromatic rings. The van der Waals surface area contributed by atoms with E-state index in [4.69, 9.17) is 52.1 Å². The third-order valence-corrected chi connectivity index (χ3v) is 6.63. The predicted octanol–water partition coefficient (Wildman–Crippen LogP) is 5.42. The Balaban J connectivity index is 3.09. The summed E-state index contributed by atoms with van der Waals surface area (Å²) in [7, 11) is 0. The van der Waals surface area contributed by atoms with E-state index in [0.29, 0.717) is 119 Å². The maximum atomic E-state index is 11.5. The van der Waals surface area contributed by atoms with Gasteiger partial charge in [-0.1, -0.05) is 64.7 Å². The number of hydrogen-bond donors (Lipinski definition) is 0.